The van der Waals surface area contributed by atoms with Crippen LogP contribution >= 0.6 is 23.5 Å². The molecule has 0 spiro atoms. The number of aliphatic hydroxyl groups is 1. The van der Waals surface area contributed by atoms with E-state index in [9.17, 15) is 13.7 Å². The highest BCUT2D eigenvalue weighted by Crippen LogP contribution is 2.64. The maximum atomic E-state index is 10.4. The van der Waals surface area contributed by atoms with E-state index in [4.69, 9.17) is 29.6 Å². The molecule has 1 aromatic carbocycles. The van der Waals surface area contributed by atoms with Gasteiger partial charge in [-0.2, -0.15) is 8.62 Å². The topological polar surface area (TPSA) is 191 Å². The molecule has 0 bridgehead atoms. The van der Waals surface area contributed by atoms with Crippen molar-refractivity contribution in [3.8, 4) is 0 Å². The van der Waals surface area contributed by atoms with Gasteiger partial charge in [-0.1, -0.05) is 37.3 Å². The standard InChI is InChI=1S/C10H14O.H5O10P3/c1-9(7-8-11)10-5-3-2-4-6-10;1-11(2,3)9-13(7,8)10-12(4,5)6/h2-6,9,11H,7-8H2,1H3;(H,7,8)(H2,1,2,3)(H2,4,5,6). The fraction of sp³-hybridized carbons (Fsp3) is 0.400. The molecule has 140 valence electrons. The lowest BCUT2D eigenvalue weighted by molar-refractivity contribution is 0.204. The van der Waals surface area contributed by atoms with Crippen molar-refractivity contribution in [3.05, 3.63) is 35.9 Å². The van der Waals surface area contributed by atoms with Gasteiger partial charge in [-0.3, -0.25) is 0 Å². The van der Waals surface area contributed by atoms with Gasteiger partial charge in [0, 0.05) is 6.61 Å². The maximum absolute atomic E-state index is 10.4. The molecule has 0 aliphatic carbocycles. The van der Waals surface area contributed by atoms with Crippen LogP contribution in [0, 0.1) is 0 Å². The van der Waals surface area contributed by atoms with Gasteiger partial charge in [0.2, 0.25) is 0 Å². The average Bonchev–Trinajstić information content (AvgIpc) is 2.34. The molecule has 0 fully saturated rings. The van der Waals surface area contributed by atoms with Crippen molar-refractivity contribution in [1.29, 1.82) is 0 Å². The van der Waals surface area contributed by atoms with E-state index in [0.717, 1.165) is 6.42 Å². The number of benzene rings is 1. The molecule has 24 heavy (non-hydrogen) atoms. The highest BCUT2D eigenvalue weighted by Gasteiger charge is 2.38. The van der Waals surface area contributed by atoms with Crippen LogP contribution in [0.15, 0.2) is 30.3 Å². The second-order valence-corrected chi connectivity index (χ2v) is 8.64. The summed E-state index contributed by atoms with van der Waals surface area (Å²) < 4.78 is 36.4. The van der Waals surface area contributed by atoms with Crippen LogP contribution in [-0.4, -0.2) is 36.2 Å². The lowest BCUT2D eigenvalue weighted by atomic mass is 9.99. The van der Waals surface area contributed by atoms with Crippen LogP contribution in [0.1, 0.15) is 24.8 Å². The van der Waals surface area contributed by atoms with Crippen molar-refractivity contribution in [3.63, 3.8) is 0 Å². The fourth-order valence-corrected chi connectivity index (χ4v) is 3.96. The second-order valence-electron chi connectivity index (χ2n) is 4.44. The Hall–Kier alpha value is -0.410. The molecule has 0 radical (unpaired) electrons. The van der Waals surface area contributed by atoms with Crippen molar-refractivity contribution in [2.45, 2.75) is 19.3 Å². The van der Waals surface area contributed by atoms with Crippen molar-refractivity contribution in [2.75, 3.05) is 6.61 Å². The predicted molar refractivity (Wildman–Crippen MR) is 82.6 cm³/mol. The quantitative estimate of drug-likeness (QED) is 0.358. The third kappa shape index (κ3) is 12.9. The first-order chi connectivity index (χ1) is 10.8. The summed E-state index contributed by atoms with van der Waals surface area (Å²) in [7, 11) is -16.2. The Bertz CT molecular complexity index is 594. The minimum Gasteiger partial charge on any atom is -0.396 e. The van der Waals surface area contributed by atoms with Gasteiger partial charge in [-0.05, 0) is 17.9 Å². The first-order valence-corrected chi connectivity index (χ1v) is 10.8. The third-order valence-electron chi connectivity index (χ3n) is 2.35. The van der Waals surface area contributed by atoms with E-state index in [2.05, 4.69) is 27.7 Å². The summed E-state index contributed by atoms with van der Waals surface area (Å²) in [6.07, 6.45) is 0.851. The smallest absolute Gasteiger partial charge is 0.396 e. The van der Waals surface area contributed by atoms with E-state index in [1.807, 2.05) is 18.2 Å². The zero-order chi connectivity index (χ0) is 19.0. The number of hydrogen-bond acceptors (Lipinski definition) is 6. The molecule has 14 heteroatoms. The van der Waals surface area contributed by atoms with E-state index in [1.54, 1.807) is 0 Å². The molecule has 1 aromatic rings. The van der Waals surface area contributed by atoms with E-state index in [-0.39, 0.29) is 6.61 Å². The highest BCUT2D eigenvalue weighted by atomic mass is 31.3. The number of rotatable bonds is 7. The summed E-state index contributed by atoms with van der Waals surface area (Å²) in [5.74, 6) is 0.473. The molecule has 6 N–H and O–H groups in total. The Kier molecular flexibility index (Phi) is 9.74. The Labute approximate surface area is 138 Å². The van der Waals surface area contributed by atoms with Crippen molar-refractivity contribution in [2.24, 2.45) is 0 Å². The molecular formula is C10H19O11P3. The SMILES string of the molecule is CC(CCO)c1ccccc1.O=P(O)(O)OP(=O)(O)OP(=O)(O)O. The van der Waals surface area contributed by atoms with Crippen molar-refractivity contribution >= 4 is 23.5 Å². The first-order valence-electron chi connectivity index (χ1n) is 6.28. The Morgan fingerprint density at radius 2 is 1.33 bits per heavy atom. The molecule has 0 aliphatic heterocycles. The molecule has 1 rings (SSSR count). The van der Waals surface area contributed by atoms with E-state index in [0.29, 0.717) is 5.92 Å². The summed E-state index contributed by atoms with van der Waals surface area (Å²) in [4.78, 5) is 40.2. The zero-order valence-corrected chi connectivity index (χ0v) is 15.1. The van der Waals surface area contributed by atoms with E-state index < -0.39 is 23.5 Å². The molecule has 1 unspecified atom stereocenters. The molecule has 0 aromatic heterocycles. The van der Waals surface area contributed by atoms with Gasteiger partial charge in [0.25, 0.3) is 0 Å². The van der Waals surface area contributed by atoms with Gasteiger partial charge in [0.15, 0.2) is 0 Å². The summed E-state index contributed by atoms with van der Waals surface area (Å²) >= 11 is 0. The Balaban J connectivity index is 0.000000446. The number of phosphoric acid groups is 3. The fourth-order valence-electron chi connectivity index (χ4n) is 1.43. The van der Waals surface area contributed by atoms with Crippen molar-refractivity contribution in [1.82, 2.24) is 0 Å². The van der Waals surface area contributed by atoms with Crippen LogP contribution in [0.3, 0.4) is 0 Å². The molecule has 0 saturated heterocycles. The second kappa shape index (κ2) is 9.91. The van der Waals surface area contributed by atoms with Crippen molar-refractivity contribution < 1.29 is 51.9 Å². The van der Waals surface area contributed by atoms with Gasteiger partial charge in [-0.25, -0.2) is 13.7 Å². The maximum Gasteiger partial charge on any atom is 0.490 e. The molecule has 0 aliphatic rings. The van der Waals surface area contributed by atoms with Gasteiger partial charge in [-0.15, -0.1) is 0 Å². The number of hydrogen-bond donors (Lipinski definition) is 6. The van der Waals surface area contributed by atoms with Gasteiger partial charge in [0.05, 0.1) is 0 Å². The molecular weight excluding hydrogens is 389 g/mol. The molecule has 0 amide bonds. The van der Waals surface area contributed by atoms with E-state index >= 15 is 0 Å². The van der Waals surface area contributed by atoms with Crippen LogP contribution < -0.4 is 0 Å². The summed E-state index contributed by atoms with van der Waals surface area (Å²) in [6.45, 7) is 2.40. The Morgan fingerprint density at radius 3 is 1.67 bits per heavy atom. The zero-order valence-electron chi connectivity index (χ0n) is 12.4. The molecule has 11 nitrogen and oxygen atoms in total. The Morgan fingerprint density at radius 1 is 0.917 bits per heavy atom. The van der Waals surface area contributed by atoms with Crippen LogP contribution in [0.5, 0.6) is 0 Å². The summed E-state index contributed by atoms with van der Waals surface area (Å²) in [5, 5.41) is 8.70. The monoisotopic (exact) mass is 408 g/mol. The average molecular weight is 408 g/mol. The van der Waals surface area contributed by atoms with Crippen LogP contribution in [0.4, 0.5) is 0 Å². The lowest BCUT2D eigenvalue weighted by Crippen LogP contribution is -1.95. The largest absolute Gasteiger partial charge is 0.490 e. The summed E-state index contributed by atoms with van der Waals surface area (Å²) in [6, 6.07) is 10.3. The van der Waals surface area contributed by atoms with Gasteiger partial charge < -0.3 is 29.6 Å². The third-order valence-corrected chi connectivity index (χ3v) is 5.70. The number of aliphatic hydroxyl groups excluding tert-OH is 1. The van der Waals surface area contributed by atoms with E-state index in [1.165, 1.54) is 5.56 Å². The van der Waals surface area contributed by atoms with Crippen LogP contribution in [0.25, 0.3) is 0 Å². The van der Waals surface area contributed by atoms with Crippen LogP contribution in [-0.2, 0) is 22.3 Å². The lowest BCUT2D eigenvalue weighted by Gasteiger charge is -2.11. The van der Waals surface area contributed by atoms with Gasteiger partial charge in [0.1, 0.15) is 0 Å². The van der Waals surface area contributed by atoms with Crippen LogP contribution in [0.2, 0.25) is 0 Å². The highest BCUT2D eigenvalue weighted by molar-refractivity contribution is 7.66. The minimum atomic E-state index is -5.46. The normalized spacial score (nSPS) is 13.8. The molecule has 0 saturated carbocycles. The minimum absolute atomic E-state index is 0.274. The van der Waals surface area contributed by atoms with Gasteiger partial charge >= 0.3 is 23.5 Å². The predicted octanol–water partition coefficient (Wildman–Crippen LogP) is 1.48. The molecule has 0 heterocycles. The first kappa shape index (κ1) is 23.6. The molecule has 1 atom stereocenters. The summed E-state index contributed by atoms with van der Waals surface area (Å²) in [5.41, 5.74) is 1.31.